The van der Waals surface area contributed by atoms with Crippen LogP contribution in [-0.4, -0.2) is 18.5 Å². The summed E-state index contributed by atoms with van der Waals surface area (Å²) in [4.78, 5) is 0. The van der Waals surface area contributed by atoms with Gasteiger partial charge in [0.15, 0.2) is 5.75 Å². The van der Waals surface area contributed by atoms with E-state index in [1.807, 2.05) is 0 Å². The Morgan fingerprint density at radius 1 is 1.58 bits per heavy atom. The second-order valence-electron chi connectivity index (χ2n) is 2.41. The minimum absolute atomic E-state index is 0.311. The molecule has 1 heterocycles. The van der Waals surface area contributed by atoms with Crippen molar-refractivity contribution in [1.29, 1.82) is 0 Å². The quantitative estimate of drug-likeness (QED) is 0.624. The summed E-state index contributed by atoms with van der Waals surface area (Å²) in [5.74, 6) is 0.311. The maximum atomic E-state index is 10.2. The smallest absolute Gasteiger partial charge is 0.182 e. The number of aromatic nitrogens is 2. The Labute approximate surface area is 72.8 Å². The second-order valence-corrected chi connectivity index (χ2v) is 2.99. The largest absolute Gasteiger partial charge is 0.740 e. The lowest BCUT2D eigenvalue weighted by Crippen LogP contribution is -2.00. The van der Waals surface area contributed by atoms with E-state index in [0.717, 1.165) is 0 Å². The van der Waals surface area contributed by atoms with E-state index >= 15 is 0 Å². The first-order chi connectivity index (χ1) is 5.52. The highest BCUT2D eigenvalue weighted by molar-refractivity contribution is 7.74. The molecule has 1 rings (SSSR count). The first kappa shape index (κ1) is 9.21. The van der Waals surface area contributed by atoms with Gasteiger partial charge in [-0.2, -0.15) is 5.10 Å². The van der Waals surface area contributed by atoms with Crippen LogP contribution >= 0.6 is 0 Å². The van der Waals surface area contributed by atoms with E-state index in [2.05, 4.69) is 9.28 Å². The Morgan fingerprint density at radius 2 is 2.17 bits per heavy atom. The molecule has 0 aliphatic rings. The topological polar surface area (TPSA) is 67.2 Å². The number of nitrogens with zero attached hydrogens (tertiary/aromatic N) is 2. The fraction of sp³-hybridized carbons (Fsp3) is 0.500. The molecule has 0 aromatic carbocycles. The third-order valence-electron chi connectivity index (χ3n) is 1.59. The number of rotatable bonds is 2. The van der Waals surface area contributed by atoms with Crippen LogP contribution in [0.15, 0.2) is 0 Å². The molecule has 5 nitrogen and oxygen atoms in total. The average Bonchev–Trinajstić information content (AvgIpc) is 2.16. The van der Waals surface area contributed by atoms with Crippen LogP contribution in [0.3, 0.4) is 0 Å². The molecule has 0 fully saturated rings. The first-order valence-electron chi connectivity index (χ1n) is 3.30. The second kappa shape index (κ2) is 3.24. The minimum Gasteiger partial charge on any atom is -0.740 e. The molecule has 0 bridgehead atoms. The summed E-state index contributed by atoms with van der Waals surface area (Å²) in [5, 5.41) is 3.98. The third kappa shape index (κ3) is 1.64. The summed E-state index contributed by atoms with van der Waals surface area (Å²) in [6.45, 7) is 3.43. The summed E-state index contributed by atoms with van der Waals surface area (Å²) in [6, 6.07) is 0. The molecule has 0 N–H and O–H groups in total. The van der Waals surface area contributed by atoms with Crippen LogP contribution < -0.4 is 4.18 Å². The maximum Gasteiger partial charge on any atom is 0.182 e. The van der Waals surface area contributed by atoms with E-state index in [1.54, 1.807) is 25.6 Å². The van der Waals surface area contributed by atoms with Gasteiger partial charge in [-0.3, -0.25) is 4.68 Å². The van der Waals surface area contributed by atoms with Crippen LogP contribution in [0.4, 0.5) is 0 Å². The highest BCUT2D eigenvalue weighted by Crippen LogP contribution is 2.21. The molecule has 1 unspecified atom stereocenters. The predicted octanol–water partition coefficient (Wildman–Crippen LogP) is 0.210. The monoisotopic (exact) mass is 189 g/mol. The van der Waals surface area contributed by atoms with Crippen molar-refractivity contribution in [3.63, 3.8) is 0 Å². The molecule has 0 saturated carbocycles. The van der Waals surface area contributed by atoms with Gasteiger partial charge in [0.2, 0.25) is 0 Å². The van der Waals surface area contributed by atoms with E-state index < -0.39 is 11.4 Å². The van der Waals surface area contributed by atoms with Gasteiger partial charge >= 0.3 is 0 Å². The van der Waals surface area contributed by atoms with E-state index in [-0.39, 0.29) is 0 Å². The Morgan fingerprint density at radius 3 is 2.50 bits per heavy atom. The zero-order valence-electron chi connectivity index (χ0n) is 7.03. The van der Waals surface area contributed by atoms with Crippen molar-refractivity contribution >= 4 is 11.4 Å². The molecule has 0 radical (unpaired) electrons. The average molecular weight is 189 g/mol. The summed E-state index contributed by atoms with van der Waals surface area (Å²) in [6.07, 6.45) is 0. The van der Waals surface area contributed by atoms with Gasteiger partial charge in [0.05, 0.1) is 5.69 Å². The predicted molar refractivity (Wildman–Crippen MR) is 42.2 cm³/mol. The Hall–Kier alpha value is -0.880. The van der Waals surface area contributed by atoms with Crippen molar-refractivity contribution in [2.45, 2.75) is 13.8 Å². The van der Waals surface area contributed by atoms with Crippen LogP contribution in [0.1, 0.15) is 11.4 Å². The lowest BCUT2D eigenvalue weighted by Gasteiger charge is -2.06. The molecule has 6 heteroatoms. The SMILES string of the molecule is Cc1nn(C)c(C)c1OS(=O)[O-]. The van der Waals surface area contributed by atoms with Gasteiger partial charge in [-0.1, -0.05) is 0 Å². The summed E-state index contributed by atoms with van der Waals surface area (Å²) < 4.78 is 26.5. The van der Waals surface area contributed by atoms with Crippen molar-refractivity contribution < 1.29 is 12.9 Å². The molecule has 68 valence electrons. The molecular formula is C6H9N2O3S-. The van der Waals surface area contributed by atoms with Gasteiger partial charge in [-0.05, 0) is 13.8 Å². The lowest BCUT2D eigenvalue weighted by atomic mass is 10.4. The molecule has 1 aromatic rings. The van der Waals surface area contributed by atoms with E-state index in [1.165, 1.54) is 0 Å². The standard InChI is InChI=1S/C6H10N2O3S/c1-4-6(11-12(9)10)5(2)8(3)7-4/h1-3H3,(H,9,10)/p-1. The number of aryl methyl sites for hydroxylation is 2. The zero-order valence-corrected chi connectivity index (χ0v) is 7.84. The van der Waals surface area contributed by atoms with Crippen molar-refractivity contribution in [1.82, 2.24) is 9.78 Å². The lowest BCUT2D eigenvalue weighted by molar-refractivity contribution is 0.437. The molecule has 0 spiro atoms. The van der Waals surface area contributed by atoms with E-state index in [4.69, 9.17) is 0 Å². The fourth-order valence-corrected chi connectivity index (χ4v) is 1.32. The molecule has 1 atom stereocenters. The fourth-order valence-electron chi connectivity index (χ4n) is 0.943. The van der Waals surface area contributed by atoms with Crippen LogP contribution in [0, 0.1) is 13.8 Å². The van der Waals surface area contributed by atoms with Crippen molar-refractivity contribution in [3.8, 4) is 5.75 Å². The zero-order chi connectivity index (χ0) is 9.30. The Balaban J connectivity index is 3.05. The molecule has 1 aromatic heterocycles. The van der Waals surface area contributed by atoms with Gasteiger partial charge in [-0.25, -0.2) is 4.21 Å². The van der Waals surface area contributed by atoms with Gasteiger partial charge in [-0.15, -0.1) is 0 Å². The van der Waals surface area contributed by atoms with Gasteiger partial charge < -0.3 is 8.74 Å². The van der Waals surface area contributed by atoms with Gasteiger partial charge in [0, 0.05) is 7.05 Å². The van der Waals surface area contributed by atoms with Crippen LogP contribution in [0.5, 0.6) is 5.75 Å². The Kier molecular flexibility index (Phi) is 2.49. The van der Waals surface area contributed by atoms with Crippen LogP contribution in [-0.2, 0) is 18.4 Å². The molecule has 0 saturated heterocycles. The molecule has 0 aliphatic carbocycles. The van der Waals surface area contributed by atoms with Crippen molar-refractivity contribution in [2.75, 3.05) is 0 Å². The highest BCUT2D eigenvalue weighted by atomic mass is 32.2. The van der Waals surface area contributed by atoms with Gasteiger partial charge in [0.25, 0.3) is 0 Å². The van der Waals surface area contributed by atoms with Crippen molar-refractivity contribution in [3.05, 3.63) is 11.4 Å². The molecule has 0 amide bonds. The molecular weight excluding hydrogens is 180 g/mol. The minimum atomic E-state index is -2.53. The highest BCUT2D eigenvalue weighted by Gasteiger charge is 2.10. The van der Waals surface area contributed by atoms with Crippen LogP contribution in [0.25, 0.3) is 0 Å². The van der Waals surface area contributed by atoms with Gasteiger partial charge in [0.1, 0.15) is 17.1 Å². The summed E-state index contributed by atoms with van der Waals surface area (Å²) in [5.41, 5.74) is 1.26. The van der Waals surface area contributed by atoms with Crippen molar-refractivity contribution in [2.24, 2.45) is 7.05 Å². The normalized spacial score (nSPS) is 13.0. The number of hydrogen-bond acceptors (Lipinski definition) is 4. The van der Waals surface area contributed by atoms with E-state index in [9.17, 15) is 8.76 Å². The Bertz CT molecular complexity index is 321. The first-order valence-corrected chi connectivity index (χ1v) is 4.30. The molecule has 12 heavy (non-hydrogen) atoms. The summed E-state index contributed by atoms with van der Waals surface area (Å²) in [7, 11) is 1.73. The third-order valence-corrected chi connectivity index (χ3v) is 1.90. The van der Waals surface area contributed by atoms with E-state index in [0.29, 0.717) is 17.1 Å². The summed E-state index contributed by atoms with van der Waals surface area (Å²) >= 11 is -2.53. The maximum absolute atomic E-state index is 10.2. The number of hydrogen-bond donors (Lipinski definition) is 0. The molecule has 0 aliphatic heterocycles. The van der Waals surface area contributed by atoms with Crippen LogP contribution in [0.2, 0.25) is 0 Å².